The fourth-order valence-electron chi connectivity index (χ4n) is 4.44. The van der Waals surface area contributed by atoms with Crippen LogP contribution in [0.5, 0.6) is 11.5 Å². The molecule has 1 aromatic carbocycles. The number of aromatic nitrogens is 5. The second kappa shape index (κ2) is 9.44. The first-order chi connectivity index (χ1) is 17.4. The van der Waals surface area contributed by atoms with Crippen LogP contribution in [0.1, 0.15) is 12.8 Å². The Morgan fingerprint density at radius 2 is 2.00 bits per heavy atom. The van der Waals surface area contributed by atoms with Gasteiger partial charge >= 0.3 is 0 Å². The number of rotatable bonds is 6. The first-order valence-electron chi connectivity index (χ1n) is 11.6. The van der Waals surface area contributed by atoms with Gasteiger partial charge in [-0.25, -0.2) is 14.4 Å². The largest absolute Gasteiger partial charge is 0.497 e. The zero-order valence-corrected chi connectivity index (χ0v) is 20.8. The molecule has 1 saturated heterocycles. The third kappa shape index (κ3) is 4.30. The van der Waals surface area contributed by atoms with Crippen molar-refractivity contribution in [2.24, 2.45) is 12.0 Å². The van der Waals surface area contributed by atoms with Crippen LogP contribution in [0.15, 0.2) is 60.1 Å². The minimum atomic E-state index is -0.563. The Balaban J connectivity index is 1.73. The number of likely N-dealkylation sites (tertiary alicyclic amines) is 1. The van der Waals surface area contributed by atoms with Gasteiger partial charge in [0.25, 0.3) is 0 Å². The van der Waals surface area contributed by atoms with Gasteiger partial charge < -0.3 is 18.9 Å². The van der Waals surface area contributed by atoms with Crippen LogP contribution in [0.25, 0.3) is 22.4 Å². The molecule has 1 fully saturated rings. The van der Waals surface area contributed by atoms with E-state index in [-0.39, 0.29) is 17.5 Å². The average Bonchev–Trinajstić information content (AvgIpc) is 3.46. The van der Waals surface area contributed by atoms with Gasteiger partial charge in [0.2, 0.25) is 0 Å². The molecule has 0 saturated carbocycles. The highest BCUT2D eigenvalue weighted by Gasteiger charge is 2.25. The summed E-state index contributed by atoms with van der Waals surface area (Å²) >= 11 is 0. The lowest BCUT2D eigenvalue weighted by molar-refractivity contribution is 0.316. The number of allylic oxidation sites excluding steroid dienone is 1. The topological polar surface area (TPSA) is 82.6 Å². The molecule has 1 aliphatic heterocycles. The molecule has 0 spiro atoms. The quantitative estimate of drug-likeness (QED) is 0.410. The molecule has 1 unspecified atom stereocenters. The third-order valence-electron chi connectivity index (χ3n) is 6.59. The maximum atomic E-state index is 15.2. The number of nitrogens with zero attached hydrogens (tertiary/aromatic N) is 7. The van der Waals surface area contributed by atoms with Crippen molar-refractivity contribution in [1.29, 1.82) is 0 Å². The standard InChI is InChI=1S/C26H28FN7O2/c1-16-6-7-18(33(16)3)15-34-24(30-21-10-19(35-4)11-23(36-5)25(21)27)9-8-20-26(34)31-22(13-28-20)17-12-29-32(2)14-17/h8-14,18H,1,6-7,15H2,2-5H3. The van der Waals surface area contributed by atoms with E-state index in [1.807, 2.05) is 37.0 Å². The monoisotopic (exact) mass is 489 g/mol. The summed E-state index contributed by atoms with van der Waals surface area (Å²) in [5, 5.41) is 4.25. The molecule has 1 aliphatic rings. The summed E-state index contributed by atoms with van der Waals surface area (Å²) in [5.41, 5.74) is 4.66. The fraction of sp³-hybridized carbons (Fsp3) is 0.308. The van der Waals surface area contributed by atoms with Crippen LogP contribution in [0, 0.1) is 5.82 Å². The summed E-state index contributed by atoms with van der Waals surface area (Å²) in [5.74, 6) is -0.0535. The minimum absolute atomic E-state index is 0.0610. The molecule has 10 heteroatoms. The van der Waals surface area contributed by atoms with Gasteiger partial charge in [-0.05, 0) is 25.0 Å². The minimum Gasteiger partial charge on any atom is -0.497 e. The van der Waals surface area contributed by atoms with E-state index in [4.69, 9.17) is 19.5 Å². The van der Waals surface area contributed by atoms with Gasteiger partial charge in [0.15, 0.2) is 17.2 Å². The lowest BCUT2D eigenvalue weighted by Crippen LogP contribution is -2.33. The van der Waals surface area contributed by atoms with E-state index in [9.17, 15) is 0 Å². The molecule has 0 aliphatic carbocycles. The van der Waals surface area contributed by atoms with Crippen molar-refractivity contribution in [3.05, 3.63) is 66.4 Å². The number of ether oxygens (including phenoxy) is 2. The number of pyridine rings is 1. The number of fused-ring (bicyclic) bond motifs is 1. The maximum Gasteiger partial charge on any atom is 0.190 e. The van der Waals surface area contributed by atoms with Crippen LogP contribution in [0.3, 0.4) is 0 Å². The molecule has 9 nitrogen and oxygen atoms in total. The molecule has 4 aromatic rings. The second-order valence-corrected chi connectivity index (χ2v) is 8.81. The molecule has 5 rings (SSSR count). The summed E-state index contributed by atoms with van der Waals surface area (Å²) in [4.78, 5) is 16.5. The van der Waals surface area contributed by atoms with Crippen molar-refractivity contribution < 1.29 is 13.9 Å². The van der Waals surface area contributed by atoms with Crippen molar-refractivity contribution in [3.63, 3.8) is 0 Å². The first-order valence-corrected chi connectivity index (χ1v) is 11.6. The number of aryl methyl sites for hydroxylation is 1. The molecular formula is C26H28FN7O2. The summed E-state index contributed by atoms with van der Waals surface area (Å²) in [6.07, 6.45) is 7.25. The van der Waals surface area contributed by atoms with Crippen molar-refractivity contribution in [3.8, 4) is 22.8 Å². The average molecular weight is 490 g/mol. The Bertz CT molecular complexity index is 1520. The highest BCUT2D eigenvalue weighted by atomic mass is 19.1. The van der Waals surface area contributed by atoms with Crippen LogP contribution in [-0.2, 0) is 13.6 Å². The van der Waals surface area contributed by atoms with Gasteiger partial charge in [0.05, 0.1) is 32.3 Å². The van der Waals surface area contributed by atoms with E-state index in [2.05, 4.69) is 21.6 Å². The number of methoxy groups -OCH3 is 2. The number of likely N-dealkylation sites (N-methyl/N-ethyl adjacent to an activating group) is 1. The zero-order chi connectivity index (χ0) is 25.4. The molecule has 0 N–H and O–H groups in total. The molecule has 4 heterocycles. The van der Waals surface area contributed by atoms with Gasteiger partial charge in [-0.1, -0.05) is 6.58 Å². The summed E-state index contributed by atoms with van der Waals surface area (Å²) in [7, 11) is 6.83. The highest BCUT2D eigenvalue weighted by molar-refractivity contribution is 5.73. The van der Waals surface area contributed by atoms with Crippen LogP contribution >= 0.6 is 0 Å². The van der Waals surface area contributed by atoms with Crippen molar-refractivity contribution in [2.75, 3.05) is 21.3 Å². The van der Waals surface area contributed by atoms with Crippen molar-refractivity contribution in [2.45, 2.75) is 25.4 Å². The summed E-state index contributed by atoms with van der Waals surface area (Å²) in [6.45, 7) is 4.75. The SMILES string of the molecule is C=C1CCC(Cn2c(=Nc3cc(OC)cc(OC)c3F)ccc3ncc(-c4cnn(C)c4)nc32)N1C. The molecule has 1 atom stereocenters. The predicted octanol–water partition coefficient (Wildman–Crippen LogP) is 3.83. The zero-order valence-electron chi connectivity index (χ0n) is 20.8. The molecule has 0 radical (unpaired) electrons. The normalized spacial score (nSPS) is 16.2. The number of hydrogen-bond acceptors (Lipinski definition) is 7. The number of halogens is 1. The van der Waals surface area contributed by atoms with Gasteiger partial charge in [-0.2, -0.15) is 5.10 Å². The third-order valence-corrected chi connectivity index (χ3v) is 6.59. The van der Waals surface area contributed by atoms with Crippen LogP contribution in [0.2, 0.25) is 0 Å². The Morgan fingerprint density at radius 1 is 1.17 bits per heavy atom. The van der Waals surface area contributed by atoms with E-state index in [0.717, 1.165) is 24.1 Å². The maximum absolute atomic E-state index is 15.2. The summed E-state index contributed by atoms with van der Waals surface area (Å²) in [6, 6.07) is 6.91. The molecule has 36 heavy (non-hydrogen) atoms. The van der Waals surface area contributed by atoms with Gasteiger partial charge in [0.1, 0.15) is 22.4 Å². The first kappa shape index (κ1) is 23.5. The second-order valence-electron chi connectivity index (χ2n) is 8.81. The number of benzene rings is 1. The van der Waals surface area contributed by atoms with E-state index in [1.165, 1.54) is 20.3 Å². The van der Waals surface area contributed by atoms with Crippen LogP contribution in [-0.4, -0.2) is 56.5 Å². The number of hydrogen-bond donors (Lipinski definition) is 0. The molecule has 3 aromatic heterocycles. The Hall–Kier alpha value is -4.21. The van der Waals surface area contributed by atoms with Gasteiger partial charge in [-0.15, -0.1) is 0 Å². The molecule has 0 amide bonds. The van der Waals surface area contributed by atoms with E-state index in [1.54, 1.807) is 23.1 Å². The summed E-state index contributed by atoms with van der Waals surface area (Å²) < 4.78 is 29.4. The fourth-order valence-corrected chi connectivity index (χ4v) is 4.44. The smallest absolute Gasteiger partial charge is 0.190 e. The predicted molar refractivity (Wildman–Crippen MR) is 134 cm³/mol. The van der Waals surface area contributed by atoms with Gasteiger partial charge in [-0.3, -0.25) is 9.67 Å². The van der Waals surface area contributed by atoms with Crippen LogP contribution < -0.4 is 15.0 Å². The van der Waals surface area contributed by atoms with E-state index >= 15 is 4.39 Å². The van der Waals surface area contributed by atoms with Gasteiger partial charge in [0, 0.05) is 56.3 Å². The molecule has 0 bridgehead atoms. The van der Waals surface area contributed by atoms with Crippen LogP contribution in [0.4, 0.5) is 10.1 Å². The molecular weight excluding hydrogens is 461 g/mol. The Labute approximate surface area is 208 Å². The Kier molecular flexibility index (Phi) is 6.17. The highest BCUT2D eigenvalue weighted by Crippen LogP contribution is 2.32. The van der Waals surface area contributed by atoms with Crippen molar-refractivity contribution in [1.82, 2.24) is 29.2 Å². The molecule has 186 valence electrons. The lowest BCUT2D eigenvalue weighted by Gasteiger charge is -2.24. The van der Waals surface area contributed by atoms with E-state index in [0.29, 0.717) is 34.6 Å². The van der Waals surface area contributed by atoms with Crippen molar-refractivity contribution >= 4 is 16.9 Å². The lowest BCUT2D eigenvalue weighted by atomic mass is 10.2. The Morgan fingerprint density at radius 3 is 2.67 bits per heavy atom. The van der Waals surface area contributed by atoms with E-state index < -0.39 is 5.82 Å².